The fourth-order valence-electron chi connectivity index (χ4n) is 2.61. The number of nitro benzene ring substituents is 1. The number of nitrogens with zero attached hydrogens (tertiary/aromatic N) is 1. The van der Waals surface area contributed by atoms with Crippen LogP contribution in [0.25, 0.3) is 0 Å². The van der Waals surface area contributed by atoms with Gasteiger partial charge in [0.2, 0.25) is 0 Å². The fourth-order valence-corrected chi connectivity index (χ4v) is 2.61. The molecule has 0 bridgehead atoms. The molecule has 0 aliphatic carbocycles. The molecule has 25 heavy (non-hydrogen) atoms. The summed E-state index contributed by atoms with van der Waals surface area (Å²) in [6.07, 6.45) is 1.93. The topological polar surface area (TPSA) is 82.9 Å². The van der Waals surface area contributed by atoms with Gasteiger partial charge in [-0.25, -0.2) is 0 Å². The molecule has 0 aromatic heterocycles. The first-order valence-electron chi connectivity index (χ1n) is 8.58. The Labute approximate surface area is 149 Å². The molecule has 0 amide bonds. The summed E-state index contributed by atoms with van der Waals surface area (Å²) >= 11 is 0. The van der Waals surface area contributed by atoms with Gasteiger partial charge < -0.3 is 19.4 Å². The molecule has 0 spiro atoms. The number of unbranched alkanes of at least 4 members (excludes halogenated alkanes) is 1. The van der Waals surface area contributed by atoms with Crippen molar-refractivity contribution in [2.45, 2.75) is 58.7 Å². The van der Waals surface area contributed by atoms with Gasteiger partial charge in [0.1, 0.15) is 11.4 Å². The molecular weight excluding hydrogens is 323 g/mol. The lowest BCUT2D eigenvalue weighted by Gasteiger charge is -2.32. The molecule has 7 nitrogen and oxygen atoms in total. The first-order chi connectivity index (χ1) is 11.6. The van der Waals surface area contributed by atoms with Crippen molar-refractivity contribution in [2.24, 2.45) is 0 Å². The minimum absolute atomic E-state index is 0.0124. The Kier molecular flexibility index (Phi) is 5.63. The van der Waals surface area contributed by atoms with Gasteiger partial charge in [0.15, 0.2) is 0 Å². The third-order valence-corrected chi connectivity index (χ3v) is 4.90. The van der Waals surface area contributed by atoms with Crippen LogP contribution in [0.5, 0.6) is 5.75 Å². The molecule has 2 rings (SSSR count). The van der Waals surface area contributed by atoms with E-state index in [4.69, 9.17) is 14.0 Å². The van der Waals surface area contributed by atoms with Crippen molar-refractivity contribution in [3.63, 3.8) is 0 Å². The molecular formula is C17H27BN2O5. The molecule has 1 N–H and O–H groups in total. The Bertz CT molecular complexity index is 632. The van der Waals surface area contributed by atoms with E-state index in [1.165, 1.54) is 13.2 Å². The Morgan fingerprint density at radius 3 is 2.32 bits per heavy atom. The van der Waals surface area contributed by atoms with Gasteiger partial charge in [-0.15, -0.1) is 0 Å². The quantitative estimate of drug-likeness (QED) is 0.352. The number of anilines is 1. The lowest BCUT2D eigenvalue weighted by Crippen LogP contribution is -2.41. The predicted octanol–water partition coefficient (Wildman–Crippen LogP) is 3.11. The minimum Gasteiger partial charge on any atom is -0.497 e. The van der Waals surface area contributed by atoms with Gasteiger partial charge in [-0.05, 0) is 34.1 Å². The van der Waals surface area contributed by atoms with Crippen molar-refractivity contribution in [1.82, 2.24) is 0 Å². The zero-order chi connectivity index (χ0) is 18.8. The molecule has 0 saturated carbocycles. The molecule has 8 heteroatoms. The SMILES string of the molecule is CCCCNc1cc(OC)c(B2OC(C)(C)C(C)(C)O2)cc1[N+](=O)[O-]. The Balaban J connectivity index is 2.42. The van der Waals surface area contributed by atoms with Gasteiger partial charge in [0, 0.05) is 24.1 Å². The van der Waals surface area contributed by atoms with E-state index < -0.39 is 23.2 Å². The number of hydrogen-bond acceptors (Lipinski definition) is 6. The lowest BCUT2D eigenvalue weighted by atomic mass is 9.78. The second-order valence-corrected chi connectivity index (χ2v) is 7.24. The van der Waals surface area contributed by atoms with Gasteiger partial charge in [0.05, 0.1) is 23.2 Å². The second-order valence-electron chi connectivity index (χ2n) is 7.24. The number of nitro groups is 1. The number of hydrogen-bond donors (Lipinski definition) is 1. The number of nitrogens with one attached hydrogen (secondary N) is 1. The molecule has 138 valence electrons. The molecule has 1 heterocycles. The highest BCUT2D eigenvalue weighted by atomic mass is 16.7. The van der Waals surface area contributed by atoms with Crippen molar-refractivity contribution < 1.29 is 19.0 Å². The van der Waals surface area contributed by atoms with Crippen molar-refractivity contribution in [2.75, 3.05) is 19.0 Å². The van der Waals surface area contributed by atoms with E-state index in [-0.39, 0.29) is 5.69 Å². The van der Waals surface area contributed by atoms with Crippen LogP contribution < -0.4 is 15.5 Å². The summed E-state index contributed by atoms with van der Waals surface area (Å²) in [4.78, 5) is 11.1. The number of ether oxygens (including phenoxy) is 1. The Morgan fingerprint density at radius 2 is 1.84 bits per heavy atom. The van der Waals surface area contributed by atoms with E-state index in [2.05, 4.69) is 12.2 Å². The summed E-state index contributed by atoms with van der Waals surface area (Å²) in [7, 11) is 0.814. The van der Waals surface area contributed by atoms with Crippen molar-refractivity contribution in [3.8, 4) is 5.75 Å². The number of benzene rings is 1. The second kappa shape index (κ2) is 7.21. The molecule has 1 aliphatic rings. The Morgan fingerprint density at radius 1 is 1.24 bits per heavy atom. The fraction of sp³-hybridized carbons (Fsp3) is 0.647. The average Bonchev–Trinajstić information content (AvgIpc) is 2.74. The summed E-state index contributed by atoms with van der Waals surface area (Å²) in [6.45, 7) is 10.5. The molecule has 1 fully saturated rings. The first-order valence-corrected chi connectivity index (χ1v) is 8.58. The van der Waals surface area contributed by atoms with E-state index >= 15 is 0 Å². The van der Waals surface area contributed by atoms with Crippen LogP contribution in [-0.4, -0.2) is 36.9 Å². The highest BCUT2D eigenvalue weighted by Gasteiger charge is 2.52. The summed E-state index contributed by atoms with van der Waals surface area (Å²) in [6, 6.07) is 3.13. The van der Waals surface area contributed by atoms with E-state index in [9.17, 15) is 10.1 Å². The van der Waals surface area contributed by atoms with Crippen LogP contribution in [0.3, 0.4) is 0 Å². The van der Waals surface area contributed by atoms with Gasteiger partial charge in [-0.1, -0.05) is 13.3 Å². The normalized spacial score (nSPS) is 18.2. The van der Waals surface area contributed by atoms with Crippen LogP contribution in [0.1, 0.15) is 47.5 Å². The summed E-state index contributed by atoms with van der Waals surface area (Å²) in [5.74, 6) is 0.503. The number of rotatable bonds is 7. The van der Waals surface area contributed by atoms with Crippen LogP contribution in [0, 0.1) is 10.1 Å². The third kappa shape index (κ3) is 3.90. The standard InChI is InChI=1S/C17H27BN2O5/c1-7-8-9-19-13-11-15(23-6)12(10-14(13)20(21)22)18-24-16(2,3)17(4,5)25-18/h10-11,19H,7-9H2,1-6H3. The minimum atomic E-state index is -0.719. The lowest BCUT2D eigenvalue weighted by molar-refractivity contribution is -0.383. The maximum absolute atomic E-state index is 11.5. The van der Waals surface area contributed by atoms with Crippen LogP contribution in [0.2, 0.25) is 0 Å². The first kappa shape index (κ1) is 19.5. The van der Waals surface area contributed by atoms with Gasteiger partial charge in [-0.3, -0.25) is 10.1 Å². The maximum Gasteiger partial charge on any atom is 0.498 e. The van der Waals surface area contributed by atoms with E-state index in [1.807, 2.05) is 27.7 Å². The molecule has 1 saturated heterocycles. The van der Waals surface area contributed by atoms with Crippen LogP contribution in [-0.2, 0) is 9.31 Å². The Hall–Kier alpha value is -1.80. The third-order valence-electron chi connectivity index (χ3n) is 4.90. The smallest absolute Gasteiger partial charge is 0.497 e. The van der Waals surface area contributed by atoms with Gasteiger partial charge in [-0.2, -0.15) is 0 Å². The predicted molar refractivity (Wildman–Crippen MR) is 98.8 cm³/mol. The molecule has 0 radical (unpaired) electrons. The maximum atomic E-state index is 11.5. The number of methoxy groups -OCH3 is 1. The molecule has 1 aromatic carbocycles. The van der Waals surface area contributed by atoms with E-state index in [1.54, 1.807) is 6.07 Å². The summed E-state index contributed by atoms with van der Waals surface area (Å²) in [5, 5.41) is 14.6. The molecule has 1 aliphatic heterocycles. The monoisotopic (exact) mass is 350 g/mol. The highest BCUT2D eigenvalue weighted by molar-refractivity contribution is 6.63. The van der Waals surface area contributed by atoms with Crippen LogP contribution >= 0.6 is 0 Å². The van der Waals surface area contributed by atoms with Crippen molar-refractivity contribution >= 4 is 24.0 Å². The van der Waals surface area contributed by atoms with Crippen LogP contribution in [0.15, 0.2) is 12.1 Å². The molecule has 0 unspecified atom stereocenters. The van der Waals surface area contributed by atoms with Gasteiger partial charge >= 0.3 is 7.12 Å². The van der Waals surface area contributed by atoms with Crippen molar-refractivity contribution in [1.29, 1.82) is 0 Å². The molecule has 0 atom stereocenters. The highest BCUT2D eigenvalue weighted by Crippen LogP contribution is 2.38. The summed E-state index contributed by atoms with van der Waals surface area (Å²) < 4.78 is 17.5. The largest absolute Gasteiger partial charge is 0.498 e. The zero-order valence-electron chi connectivity index (χ0n) is 15.8. The van der Waals surface area contributed by atoms with Gasteiger partial charge in [0.25, 0.3) is 5.69 Å². The van der Waals surface area contributed by atoms with Crippen molar-refractivity contribution in [3.05, 3.63) is 22.2 Å². The van der Waals surface area contributed by atoms with Crippen LogP contribution in [0.4, 0.5) is 11.4 Å². The summed E-state index contributed by atoms with van der Waals surface area (Å²) in [5.41, 5.74) is -0.114. The average molecular weight is 350 g/mol. The van der Waals surface area contributed by atoms with E-state index in [0.717, 1.165) is 12.8 Å². The van der Waals surface area contributed by atoms with E-state index in [0.29, 0.717) is 23.4 Å². The molecule has 1 aromatic rings. The zero-order valence-corrected chi connectivity index (χ0v) is 15.8.